The van der Waals surface area contributed by atoms with Gasteiger partial charge in [0.25, 0.3) is 5.91 Å². The summed E-state index contributed by atoms with van der Waals surface area (Å²) in [6.07, 6.45) is 0.980. The molecule has 0 unspecified atom stereocenters. The van der Waals surface area contributed by atoms with E-state index in [2.05, 4.69) is 43.8 Å². The van der Waals surface area contributed by atoms with E-state index in [1.54, 1.807) is 12.1 Å². The van der Waals surface area contributed by atoms with E-state index in [0.29, 0.717) is 17.0 Å². The molecule has 0 aliphatic rings. The molecule has 0 aliphatic carbocycles. The van der Waals surface area contributed by atoms with E-state index in [0.717, 1.165) is 10.8 Å². The van der Waals surface area contributed by atoms with Crippen LogP contribution in [0.4, 0.5) is 0 Å². The van der Waals surface area contributed by atoms with Crippen molar-refractivity contribution in [3.05, 3.63) is 22.6 Å². The second kappa shape index (κ2) is 5.64. The lowest BCUT2D eigenvalue weighted by Crippen LogP contribution is -2.24. The average Bonchev–Trinajstić information content (AvgIpc) is 2.52. The molecule has 0 atom stereocenters. The molecule has 0 spiro atoms. The first-order valence-electron chi connectivity index (χ1n) is 3.83. The number of nitrogens with one attached hydrogen (secondary N) is 1. The van der Waals surface area contributed by atoms with Crippen molar-refractivity contribution in [2.45, 2.75) is 6.42 Å². The van der Waals surface area contributed by atoms with Gasteiger partial charge in [-0.3, -0.25) is 4.79 Å². The number of amides is 1. The Kier molecular flexibility index (Phi) is 4.79. The first-order valence-corrected chi connectivity index (χ1v) is 6.15. The number of hydrogen-bond acceptors (Lipinski definition) is 2. The first kappa shape index (κ1) is 11.0. The molecule has 1 N–H and O–H groups in total. The van der Waals surface area contributed by atoms with Crippen LogP contribution in [-0.2, 0) is 0 Å². The molecule has 0 bridgehead atoms. The van der Waals surface area contributed by atoms with Crippen LogP contribution < -0.4 is 5.32 Å². The minimum absolute atomic E-state index is 0.157. The molecule has 3 nitrogen and oxygen atoms in total. The van der Waals surface area contributed by atoms with Crippen LogP contribution >= 0.6 is 38.5 Å². The predicted octanol–water partition coefficient (Wildman–Crippen LogP) is 2.60. The maximum absolute atomic E-state index is 11.3. The van der Waals surface area contributed by atoms with Crippen molar-refractivity contribution < 1.29 is 9.21 Å². The van der Waals surface area contributed by atoms with Crippen LogP contribution in [0.3, 0.4) is 0 Å². The number of hydrogen-bond donors (Lipinski definition) is 1. The molecule has 0 fully saturated rings. The third-order valence-corrected chi connectivity index (χ3v) is 2.58. The molecule has 1 aromatic heterocycles. The van der Waals surface area contributed by atoms with E-state index < -0.39 is 0 Å². The zero-order valence-corrected chi connectivity index (χ0v) is 10.6. The van der Waals surface area contributed by atoms with Gasteiger partial charge in [-0.2, -0.15) is 0 Å². The molecule has 1 amide bonds. The molecule has 72 valence electrons. The van der Waals surface area contributed by atoms with E-state index in [-0.39, 0.29) is 5.91 Å². The van der Waals surface area contributed by atoms with Crippen molar-refractivity contribution in [2.75, 3.05) is 11.0 Å². The maximum Gasteiger partial charge on any atom is 0.287 e. The molecular formula is C8H9BrINO2. The number of furan rings is 1. The summed E-state index contributed by atoms with van der Waals surface area (Å²) in [7, 11) is 0. The number of carbonyl (C=O) groups excluding carboxylic acids is 1. The summed E-state index contributed by atoms with van der Waals surface area (Å²) < 4.78 is 6.70. The van der Waals surface area contributed by atoms with Crippen molar-refractivity contribution in [3.8, 4) is 0 Å². The second-order valence-corrected chi connectivity index (χ2v) is 4.26. The minimum atomic E-state index is -0.157. The highest BCUT2D eigenvalue weighted by atomic mass is 127. The largest absolute Gasteiger partial charge is 0.444 e. The fraction of sp³-hybridized carbons (Fsp3) is 0.375. The van der Waals surface area contributed by atoms with Gasteiger partial charge in [0.15, 0.2) is 10.4 Å². The summed E-state index contributed by atoms with van der Waals surface area (Å²) >= 11 is 5.41. The lowest BCUT2D eigenvalue weighted by atomic mass is 10.4. The van der Waals surface area contributed by atoms with E-state index >= 15 is 0 Å². The van der Waals surface area contributed by atoms with E-state index in [4.69, 9.17) is 4.42 Å². The van der Waals surface area contributed by atoms with Gasteiger partial charge < -0.3 is 9.73 Å². The molecule has 13 heavy (non-hydrogen) atoms. The van der Waals surface area contributed by atoms with Gasteiger partial charge in [-0.05, 0) is 34.5 Å². The Hall–Kier alpha value is -0.0400. The van der Waals surface area contributed by atoms with Crippen LogP contribution in [0, 0.1) is 0 Å². The number of rotatable bonds is 4. The topological polar surface area (TPSA) is 42.2 Å². The monoisotopic (exact) mass is 357 g/mol. The van der Waals surface area contributed by atoms with Crippen LogP contribution in [0.25, 0.3) is 0 Å². The third-order valence-electron chi connectivity index (χ3n) is 1.39. The molecule has 0 saturated carbocycles. The Morgan fingerprint density at radius 1 is 1.62 bits per heavy atom. The van der Waals surface area contributed by atoms with Gasteiger partial charge in [0.2, 0.25) is 0 Å². The van der Waals surface area contributed by atoms with Crippen LogP contribution in [0.15, 0.2) is 21.2 Å². The highest BCUT2D eigenvalue weighted by Crippen LogP contribution is 2.13. The maximum atomic E-state index is 11.3. The average molecular weight is 358 g/mol. The summed E-state index contributed by atoms with van der Waals surface area (Å²) in [6.45, 7) is 0.695. The van der Waals surface area contributed by atoms with Gasteiger partial charge in [0.05, 0.1) is 0 Å². The molecule has 0 radical (unpaired) electrons. The molecular weight excluding hydrogens is 349 g/mol. The quantitative estimate of drug-likeness (QED) is 0.511. The Morgan fingerprint density at radius 2 is 2.38 bits per heavy atom. The molecule has 0 aliphatic heterocycles. The van der Waals surface area contributed by atoms with Crippen molar-refractivity contribution in [1.82, 2.24) is 5.32 Å². The standard InChI is InChI=1S/C8H9BrINO2/c9-7-3-2-6(13-7)8(12)11-5-1-4-10/h2-3H,1,4-5H2,(H,11,12). The SMILES string of the molecule is O=C(NCCCI)c1ccc(Br)o1. The molecule has 0 aromatic carbocycles. The smallest absolute Gasteiger partial charge is 0.287 e. The predicted molar refractivity (Wildman–Crippen MR) is 62.2 cm³/mol. The van der Waals surface area contributed by atoms with E-state index in [1.807, 2.05) is 0 Å². The molecule has 1 aromatic rings. The summed E-state index contributed by atoms with van der Waals surface area (Å²) in [5, 5.41) is 2.75. The Morgan fingerprint density at radius 3 is 2.92 bits per heavy atom. The van der Waals surface area contributed by atoms with Gasteiger partial charge >= 0.3 is 0 Å². The van der Waals surface area contributed by atoms with Crippen LogP contribution in [0.5, 0.6) is 0 Å². The minimum Gasteiger partial charge on any atom is -0.444 e. The zero-order chi connectivity index (χ0) is 9.68. The second-order valence-electron chi connectivity index (χ2n) is 2.40. The Labute approximate surface area is 98.5 Å². The van der Waals surface area contributed by atoms with Crippen LogP contribution in [-0.4, -0.2) is 16.9 Å². The van der Waals surface area contributed by atoms with E-state index in [1.165, 1.54) is 0 Å². The lowest BCUT2D eigenvalue weighted by molar-refractivity contribution is 0.0925. The van der Waals surface area contributed by atoms with Gasteiger partial charge in [-0.25, -0.2) is 0 Å². The number of alkyl halides is 1. The number of halogens is 2. The lowest BCUT2D eigenvalue weighted by Gasteiger charge is -1.99. The third kappa shape index (κ3) is 3.68. The van der Waals surface area contributed by atoms with Gasteiger partial charge in [0.1, 0.15) is 0 Å². The highest BCUT2D eigenvalue weighted by molar-refractivity contribution is 14.1. The van der Waals surface area contributed by atoms with Crippen molar-refractivity contribution >= 4 is 44.4 Å². The normalized spacial score (nSPS) is 10.0. The van der Waals surface area contributed by atoms with Crippen molar-refractivity contribution in [1.29, 1.82) is 0 Å². The summed E-state index contributed by atoms with van der Waals surface area (Å²) in [6, 6.07) is 3.34. The zero-order valence-electron chi connectivity index (χ0n) is 6.85. The summed E-state index contributed by atoms with van der Waals surface area (Å²) in [4.78, 5) is 11.3. The first-order chi connectivity index (χ1) is 6.24. The van der Waals surface area contributed by atoms with E-state index in [9.17, 15) is 4.79 Å². The number of carbonyl (C=O) groups is 1. The van der Waals surface area contributed by atoms with Crippen LogP contribution in [0.1, 0.15) is 17.0 Å². The molecule has 1 rings (SSSR count). The fourth-order valence-electron chi connectivity index (χ4n) is 0.792. The molecule has 0 saturated heterocycles. The van der Waals surface area contributed by atoms with Gasteiger partial charge in [-0.1, -0.05) is 22.6 Å². The van der Waals surface area contributed by atoms with Crippen molar-refractivity contribution in [3.63, 3.8) is 0 Å². The van der Waals surface area contributed by atoms with Gasteiger partial charge in [0, 0.05) is 11.0 Å². The highest BCUT2D eigenvalue weighted by Gasteiger charge is 2.08. The van der Waals surface area contributed by atoms with Crippen LogP contribution in [0.2, 0.25) is 0 Å². The molecule has 1 heterocycles. The summed E-state index contributed by atoms with van der Waals surface area (Å²) in [5.74, 6) is 0.191. The fourth-order valence-corrected chi connectivity index (χ4v) is 1.48. The van der Waals surface area contributed by atoms with Gasteiger partial charge in [-0.15, -0.1) is 0 Å². The van der Waals surface area contributed by atoms with Crippen molar-refractivity contribution in [2.24, 2.45) is 0 Å². The Bertz CT molecular complexity index is 287. The summed E-state index contributed by atoms with van der Waals surface area (Å²) in [5.41, 5.74) is 0. The molecule has 5 heteroatoms. The Balaban J connectivity index is 2.40.